The number of hydrogen-bond acceptors (Lipinski definition) is 6. The minimum atomic E-state index is -0.550. The topological polar surface area (TPSA) is 121 Å². The number of aromatic hydroxyl groups is 6. The van der Waals surface area contributed by atoms with Crippen LogP contribution in [0.25, 0.3) is 11.1 Å². The molecule has 6 N–H and O–H groups in total. The molecule has 4 aromatic rings. The van der Waals surface area contributed by atoms with Crippen LogP contribution in [0.4, 0.5) is 0 Å². The highest BCUT2D eigenvalue weighted by molar-refractivity contribution is 5.75. The van der Waals surface area contributed by atoms with E-state index in [0.29, 0.717) is 29.0 Å². The maximum absolute atomic E-state index is 11.0. The average molecular weight is 587 g/mol. The van der Waals surface area contributed by atoms with Crippen LogP contribution < -0.4 is 0 Å². The van der Waals surface area contributed by atoms with Crippen molar-refractivity contribution in [1.29, 1.82) is 0 Å². The molecule has 0 aliphatic carbocycles. The number of rotatable bonds is 5. The Morgan fingerprint density at radius 3 is 1.35 bits per heavy atom. The van der Waals surface area contributed by atoms with E-state index in [9.17, 15) is 20.4 Å². The Balaban J connectivity index is 0.000000268. The number of phenolic OH excluding ortho intramolecular Hbond substituents is 6. The van der Waals surface area contributed by atoms with Crippen LogP contribution >= 0.6 is 0 Å². The minimum Gasteiger partial charge on any atom is -0.508 e. The summed E-state index contributed by atoms with van der Waals surface area (Å²) in [6.07, 6.45) is 2.38. The van der Waals surface area contributed by atoms with Gasteiger partial charge in [-0.05, 0) is 86.9 Å². The second-order valence-electron chi connectivity index (χ2n) is 13.1. The van der Waals surface area contributed by atoms with Crippen LogP contribution in [-0.2, 0) is 30.1 Å². The van der Waals surface area contributed by atoms with Crippen molar-refractivity contribution in [2.24, 2.45) is 0 Å². The van der Waals surface area contributed by atoms with Gasteiger partial charge in [-0.25, -0.2) is 0 Å². The van der Waals surface area contributed by atoms with Crippen molar-refractivity contribution in [2.75, 3.05) is 0 Å². The van der Waals surface area contributed by atoms with E-state index in [1.807, 2.05) is 0 Å². The molecule has 4 rings (SSSR count). The van der Waals surface area contributed by atoms with Gasteiger partial charge >= 0.3 is 0 Å². The highest BCUT2D eigenvalue weighted by Crippen LogP contribution is 2.42. The van der Waals surface area contributed by atoms with Crippen molar-refractivity contribution >= 4 is 0 Å². The zero-order chi connectivity index (χ0) is 32.3. The lowest BCUT2D eigenvalue weighted by molar-refractivity contribution is 0.369. The third kappa shape index (κ3) is 7.75. The van der Waals surface area contributed by atoms with E-state index < -0.39 is 5.75 Å². The fraction of sp³-hybridized carbons (Fsp3) is 0.351. The minimum absolute atomic E-state index is 0.117. The van der Waals surface area contributed by atoms with E-state index in [1.54, 1.807) is 12.1 Å². The van der Waals surface area contributed by atoms with E-state index in [2.05, 4.69) is 79.7 Å². The Bertz CT molecular complexity index is 1500. The molecule has 6 nitrogen and oxygen atoms in total. The monoisotopic (exact) mass is 586 g/mol. The van der Waals surface area contributed by atoms with E-state index in [4.69, 9.17) is 10.2 Å². The van der Waals surface area contributed by atoms with Crippen molar-refractivity contribution < 1.29 is 30.6 Å². The molecular weight excluding hydrogens is 540 g/mol. The highest BCUT2D eigenvalue weighted by Gasteiger charge is 2.24. The molecule has 230 valence electrons. The Labute approximate surface area is 255 Å². The predicted octanol–water partition coefficient (Wildman–Crippen LogP) is 8.58. The molecule has 0 aliphatic heterocycles. The molecular formula is C37H46O6. The van der Waals surface area contributed by atoms with Crippen LogP contribution in [-0.4, -0.2) is 30.6 Å². The first-order chi connectivity index (χ1) is 20.0. The number of hydrogen-bond donors (Lipinski definition) is 6. The van der Waals surface area contributed by atoms with Gasteiger partial charge in [0.25, 0.3) is 0 Å². The molecule has 0 spiro atoms. The average Bonchev–Trinajstić information content (AvgIpc) is 2.93. The first kappa shape index (κ1) is 33.2. The van der Waals surface area contributed by atoms with Crippen molar-refractivity contribution in [3.8, 4) is 45.6 Å². The Kier molecular flexibility index (Phi) is 9.96. The largest absolute Gasteiger partial charge is 0.508 e. The first-order valence-electron chi connectivity index (χ1n) is 14.7. The summed E-state index contributed by atoms with van der Waals surface area (Å²) >= 11 is 0. The number of benzene rings is 4. The summed E-state index contributed by atoms with van der Waals surface area (Å²) < 4.78 is 0. The second-order valence-corrected chi connectivity index (χ2v) is 13.1. The summed E-state index contributed by atoms with van der Waals surface area (Å²) in [5.41, 5.74) is 6.91. The Morgan fingerprint density at radius 1 is 0.512 bits per heavy atom. The third-order valence-corrected chi connectivity index (χ3v) is 7.62. The van der Waals surface area contributed by atoms with Crippen molar-refractivity contribution in [3.05, 3.63) is 94.0 Å². The zero-order valence-electron chi connectivity index (χ0n) is 26.6. The van der Waals surface area contributed by atoms with Gasteiger partial charge in [0.05, 0.1) is 0 Å². The molecule has 0 atom stereocenters. The smallest absolute Gasteiger partial charge is 0.200 e. The predicted molar refractivity (Wildman–Crippen MR) is 174 cm³/mol. The lowest BCUT2D eigenvalue weighted by Crippen LogP contribution is -2.14. The SMILES string of the molecule is CCc1cc(Cc2cc(CC)cc(C(C)(C)C)c2O)c(O)c(C(C)(C)C)c1.Oc1ccc(-c2ccc(O)c(O)c2O)cc1. The van der Waals surface area contributed by atoms with Gasteiger partial charge in [0, 0.05) is 12.0 Å². The van der Waals surface area contributed by atoms with Gasteiger partial charge in [-0.2, -0.15) is 0 Å². The standard InChI is InChI=1S/C25H36O2.C12H10O4/c1-9-16-11-18(22(26)20(13-16)24(3,4)5)15-19-12-17(10-2)14-21(23(19)27)25(6,7)8;13-8-3-1-7(2-4-8)9-5-6-10(14)12(16)11(9)15/h11-14,26-27H,9-10,15H2,1-8H3;1-6,13-16H. The van der Waals surface area contributed by atoms with Gasteiger partial charge in [-0.3, -0.25) is 0 Å². The van der Waals surface area contributed by atoms with Crippen molar-refractivity contribution in [3.63, 3.8) is 0 Å². The number of aryl methyl sites for hydroxylation is 2. The van der Waals surface area contributed by atoms with Crippen molar-refractivity contribution in [1.82, 2.24) is 0 Å². The van der Waals surface area contributed by atoms with Gasteiger partial charge in [-0.15, -0.1) is 0 Å². The molecule has 0 bridgehead atoms. The first-order valence-corrected chi connectivity index (χ1v) is 14.7. The maximum Gasteiger partial charge on any atom is 0.200 e. The summed E-state index contributed by atoms with van der Waals surface area (Å²) in [7, 11) is 0. The molecule has 43 heavy (non-hydrogen) atoms. The van der Waals surface area contributed by atoms with E-state index in [-0.39, 0.29) is 28.1 Å². The molecule has 0 heterocycles. The van der Waals surface area contributed by atoms with Crippen LogP contribution in [0.5, 0.6) is 34.5 Å². The van der Waals surface area contributed by atoms with Crippen LogP contribution in [0, 0.1) is 0 Å². The molecule has 0 saturated carbocycles. The molecule has 0 amide bonds. The van der Waals surface area contributed by atoms with E-state index >= 15 is 0 Å². The Hall–Kier alpha value is -4.32. The molecule has 0 unspecified atom stereocenters. The molecule has 0 fully saturated rings. The quantitative estimate of drug-likeness (QED) is 0.130. The second kappa shape index (κ2) is 12.9. The molecule has 4 aromatic carbocycles. The summed E-state index contributed by atoms with van der Waals surface area (Å²) in [5.74, 6) is -0.473. The van der Waals surface area contributed by atoms with Gasteiger partial charge in [-0.1, -0.05) is 91.8 Å². The zero-order valence-corrected chi connectivity index (χ0v) is 26.6. The van der Waals surface area contributed by atoms with Crippen LogP contribution in [0.1, 0.15) is 88.8 Å². The van der Waals surface area contributed by atoms with Gasteiger partial charge in [0.2, 0.25) is 5.75 Å². The molecule has 0 aromatic heterocycles. The van der Waals surface area contributed by atoms with E-state index in [1.165, 1.54) is 35.4 Å². The van der Waals surface area contributed by atoms with Gasteiger partial charge in [0.15, 0.2) is 11.5 Å². The summed E-state index contributed by atoms with van der Waals surface area (Å²) in [5, 5.41) is 59.2. The maximum atomic E-state index is 11.0. The fourth-order valence-corrected chi connectivity index (χ4v) is 4.99. The Morgan fingerprint density at radius 2 is 0.953 bits per heavy atom. The lowest BCUT2D eigenvalue weighted by atomic mass is 9.81. The summed E-state index contributed by atoms with van der Waals surface area (Å²) in [4.78, 5) is 0. The van der Waals surface area contributed by atoms with Crippen LogP contribution in [0.3, 0.4) is 0 Å². The number of phenols is 6. The third-order valence-electron chi connectivity index (χ3n) is 7.62. The summed E-state index contributed by atoms with van der Waals surface area (Å²) in [6, 6.07) is 17.3. The molecule has 6 heteroatoms. The lowest BCUT2D eigenvalue weighted by Gasteiger charge is -2.25. The van der Waals surface area contributed by atoms with Crippen molar-refractivity contribution in [2.45, 2.75) is 85.5 Å². The molecule has 0 radical (unpaired) electrons. The molecule has 0 saturated heterocycles. The van der Waals surface area contributed by atoms with Gasteiger partial charge in [0.1, 0.15) is 17.2 Å². The molecule has 0 aliphatic rings. The highest BCUT2D eigenvalue weighted by atomic mass is 16.3. The van der Waals surface area contributed by atoms with E-state index in [0.717, 1.165) is 35.1 Å². The normalized spacial score (nSPS) is 11.6. The van der Waals surface area contributed by atoms with Crippen LogP contribution in [0.2, 0.25) is 0 Å². The van der Waals surface area contributed by atoms with Gasteiger partial charge < -0.3 is 30.6 Å². The van der Waals surface area contributed by atoms with Crippen LogP contribution in [0.15, 0.2) is 60.7 Å². The fourth-order valence-electron chi connectivity index (χ4n) is 4.99. The summed E-state index contributed by atoms with van der Waals surface area (Å²) in [6.45, 7) is 17.0.